The number of nitrogens with zero attached hydrogens (tertiary/aromatic N) is 3. The molecule has 1 aromatic rings. The Bertz CT molecular complexity index is 624. The van der Waals surface area contributed by atoms with Gasteiger partial charge in [0.25, 0.3) is 0 Å². The molecule has 0 saturated heterocycles. The number of anilines is 1. The van der Waals surface area contributed by atoms with Gasteiger partial charge in [-0.3, -0.25) is 5.32 Å². The highest BCUT2D eigenvalue weighted by Gasteiger charge is 2.21. The van der Waals surface area contributed by atoms with Crippen molar-refractivity contribution in [2.75, 3.05) is 29.9 Å². The van der Waals surface area contributed by atoms with E-state index in [9.17, 15) is 13.2 Å². The van der Waals surface area contributed by atoms with Crippen LogP contribution in [0.15, 0.2) is 0 Å². The first-order valence-corrected chi connectivity index (χ1v) is 8.71. The fourth-order valence-corrected chi connectivity index (χ4v) is 3.44. The van der Waals surface area contributed by atoms with Crippen molar-refractivity contribution in [2.24, 2.45) is 5.92 Å². The average molecular weight is 372 g/mol. The van der Waals surface area contributed by atoms with E-state index in [1.54, 1.807) is 6.92 Å². The molecule has 0 atom stereocenters. The summed E-state index contributed by atoms with van der Waals surface area (Å²) in [5, 5.41) is 2.19. The normalized spacial score (nSPS) is 11.3. The summed E-state index contributed by atoms with van der Waals surface area (Å²) >= 11 is 11.1. The molecule has 0 aromatic carbocycles. The highest BCUT2D eigenvalue weighted by Crippen LogP contribution is 2.08. The van der Waals surface area contributed by atoms with E-state index in [2.05, 4.69) is 20.3 Å². The van der Waals surface area contributed by atoms with Crippen molar-refractivity contribution in [2.45, 2.75) is 6.92 Å². The molecule has 124 valence electrons. The molecule has 0 aliphatic carbocycles. The molecule has 1 aromatic heterocycles. The number of sulfonamides is 1. The summed E-state index contributed by atoms with van der Waals surface area (Å²) in [4.78, 5) is 23.1. The number of ether oxygens (including phenoxy) is 1. The minimum Gasteiger partial charge on any atom is -0.467 e. The van der Waals surface area contributed by atoms with Crippen LogP contribution in [-0.4, -0.2) is 54.0 Å². The predicted octanol–water partition coefficient (Wildman–Crippen LogP) is 0.734. The SMILES string of the molecule is COc1nc(C)nc(NC(=O)NS(=O)(=O)CC(CCl)CCl)n1. The van der Waals surface area contributed by atoms with Gasteiger partial charge in [0, 0.05) is 17.7 Å². The van der Waals surface area contributed by atoms with Gasteiger partial charge < -0.3 is 4.74 Å². The van der Waals surface area contributed by atoms with Gasteiger partial charge >= 0.3 is 12.0 Å². The standard InChI is InChI=1S/C10H15Cl2N5O4S/c1-6-13-8(16-10(14-6)21-2)15-9(18)17-22(19,20)5-7(3-11)4-12/h7H,3-5H2,1-2H3,(H2,13,14,15,16,17,18). The van der Waals surface area contributed by atoms with E-state index < -0.39 is 22.0 Å². The quantitative estimate of drug-likeness (QED) is 0.677. The maximum Gasteiger partial charge on any atom is 0.335 e. The Balaban J connectivity index is 2.71. The molecule has 0 aliphatic rings. The predicted molar refractivity (Wildman–Crippen MR) is 82.0 cm³/mol. The third-order valence-electron chi connectivity index (χ3n) is 2.27. The Morgan fingerprint density at radius 1 is 1.27 bits per heavy atom. The number of rotatable bonds is 7. The topological polar surface area (TPSA) is 123 Å². The number of methoxy groups -OCH3 is 1. The van der Waals surface area contributed by atoms with Crippen LogP contribution in [0.3, 0.4) is 0 Å². The Morgan fingerprint density at radius 3 is 2.45 bits per heavy atom. The smallest absolute Gasteiger partial charge is 0.335 e. The lowest BCUT2D eigenvalue weighted by atomic mass is 10.3. The summed E-state index contributed by atoms with van der Waals surface area (Å²) < 4.78 is 30.2. The number of urea groups is 1. The van der Waals surface area contributed by atoms with E-state index in [1.807, 2.05) is 4.72 Å². The van der Waals surface area contributed by atoms with E-state index in [0.29, 0.717) is 5.82 Å². The van der Waals surface area contributed by atoms with Crippen molar-refractivity contribution in [3.8, 4) is 6.01 Å². The molecule has 22 heavy (non-hydrogen) atoms. The Morgan fingerprint density at radius 2 is 1.91 bits per heavy atom. The summed E-state index contributed by atoms with van der Waals surface area (Å²) in [6.45, 7) is 1.57. The second-order valence-electron chi connectivity index (χ2n) is 4.21. The molecule has 0 bridgehead atoms. The van der Waals surface area contributed by atoms with Crippen molar-refractivity contribution < 1.29 is 17.9 Å². The Kier molecular flexibility index (Phi) is 7.04. The second-order valence-corrected chi connectivity index (χ2v) is 6.59. The van der Waals surface area contributed by atoms with E-state index in [0.717, 1.165) is 0 Å². The highest BCUT2D eigenvalue weighted by molar-refractivity contribution is 7.90. The lowest BCUT2D eigenvalue weighted by Gasteiger charge is -2.12. The molecule has 0 radical (unpaired) electrons. The lowest BCUT2D eigenvalue weighted by molar-refractivity contribution is 0.256. The van der Waals surface area contributed by atoms with Gasteiger partial charge in [-0.25, -0.2) is 17.9 Å². The number of hydrogen-bond donors (Lipinski definition) is 2. The molecule has 0 unspecified atom stereocenters. The van der Waals surface area contributed by atoms with Gasteiger partial charge in [-0.1, -0.05) is 0 Å². The molecule has 0 aliphatic heterocycles. The first-order chi connectivity index (χ1) is 10.3. The third-order valence-corrected chi connectivity index (χ3v) is 4.55. The van der Waals surface area contributed by atoms with Gasteiger partial charge in [0.05, 0.1) is 12.9 Å². The van der Waals surface area contributed by atoms with Crippen LogP contribution in [0.5, 0.6) is 6.01 Å². The van der Waals surface area contributed by atoms with Crippen LogP contribution >= 0.6 is 23.2 Å². The van der Waals surface area contributed by atoms with Gasteiger partial charge in [-0.2, -0.15) is 15.0 Å². The van der Waals surface area contributed by atoms with E-state index in [-0.39, 0.29) is 29.5 Å². The number of nitrogens with one attached hydrogen (secondary N) is 2. The van der Waals surface area contributed by atoms with Crippen molar-refractivity contribution >= 4 is 45.2 Å². The minimum atomic E-state index is -3.88. The molecule has 9 nitrogen and oxygen atoms in total. The van der Waals surface area contributed by atoms with Crippen molar-refractivity contribution in [3.05, 3.63) is 5.82 Å². The van der Waals surface area contributed by atoms with Crippen molar-refractivity contribution in [1.82, 2.24) is 19.7 Å². The number of carbonyl (C=O) groups excluding carboxylic acids is 1. The second kappa shape index (κ2) is 8.30. The number of amides is 2. The first kappa shape index (κ1) is 18.7. The maximum absolute atomic E-state index is 11.8. The number of hydrogen-bond acceptors (Lipinski definition) is 7. The fourth-order valence-electron chi connectivity index (χ4n) is 1.36. The molecule has 1 heterocycles. The van der Waals surface area contributed by atoms with Crippen molar-refractivity contribution in [3.63, 3.8) is 0 Å². The van der Waals surface area contributed by atoms with Crippen LogP contribution < -0.4 is 14.8 Å². The van der Waals surface area contributed by atoms with Gasteiger partial charge in [-0.05, 0) is 6.92 Å². The number of aryl methyl sites for hydroxylation is 1. The van der Waals surface area contributed by atoms with Crippen LogP contribution in [0.2, 0.25) is 0 Å². The molecule has 2 N–H and O–H groups in total. The van der Waals surface area contributed by atoms with Gasteiger partial charge in [0.2, 0.25) is 16.0 Å². The summed E-state index contributed by atoms with van der Waals surface area (Å²) in [5.41, 5.74) is 0. The monoisotopic (exact) mass is 371 g/mol. The zero-order valence-corrected chi connectivity index (χ0v) is 14.2. The highest BCUT2D eigenvalue weighted by atomic mass is 35.5. The Hall–Kier alpha value is -1.39. The van der Waals surface area contributed by atoms with Crippen molar-refractivity contribution in [1.29, 1.82) is 0 Å². The number of halogens is 2. The maximum atomic E-state index is 11.8. The van der Waals surface area contributed by atoms with Gasteiger partial charge in [0.1, 0.15) is 5.82 Å². The summed E-state index contributed by atoms with van der Waals surface area (Å²) in [5.74, 6) is -0.538. The van der Waals surface area contributed by atoms with Crippen LogP contribution in [0.4, 0.5) is 10.7 Å². The van der Waals surface area contributed by atoms with E-state index in [4.69, 9.17) is 27.9 Å². The van der Waals surface area contributed by atoms with Gasteiger partial charge in [-0.15, -0.1) is 23.2 Å². The summed E-state index contributed by atoms with van der Waals surface area (Å²) in [6, 6.07) is -1.01. The first-order valence-electron chi connectivity index (χ1n) is 5.99. The molecular formula is C10H15Cl2N5O4S. The molecule has 0 saturated carbocycles. The van der Waals surface area contributed by atoms with E-state index in [1.165, 1.54) is 7.11 Å². The van der Waals surface area contributed by atoms with Gasteiger partial charge in [0.15, 0.2) is 0 Å². The third kappa shape index (κ3) is 6.16. The summed E-state index contributed by atoms with van der Waals surface area (Å²) in [6.07, 6.45) is 0. The lowest BCUT2D eigenvalue weighted by Crippen LogP contribution is -2.38. The minimum absolute atomic E-state index is 0.00463. The molecule has 12 heteroatoms. The summed E-state index contributed by atoms with van der Waals surface area (Å²) in [7, 11) is -2.53. The van der Waals surface area contributed by atoms with Crippen LogP contribution in [0.25, 0.3) is 0 Å². The van der Waals surface area contributed by atoms with Crippen LogP contribution in [0, 0.1) is 12.8 Å². The molecule has 0 fully saturated rings. The zero-order chi connectivity index (χ0) is 16.8. The average Bonchev–Trinajstić information content (AvgIpc) is 2.43. The molecule has 0 spiro atoms. The number of aromatic nitrogens is 3. The van der Waals surface area contributed by atoms with Crippen LogP contribution in [-0.2, 0) is 10.0 Å². The molecule has 2 amide bonds. The Labute approximate surface area is 137 Å². The number of alkyl halides is 2. The zero-order valence-electron chi connectivity index (χ0n) is 11.8. The number of carbonyl (C=O) groups is 1. The molecule has 1 rings (SSSR count). The fraction of sp³-hybridized carbons (Fsp3) is 0.600. The van der Waals surface area contributed by atoms with Crippen LogP contribution in [0.1, 0.15) is 5.82 Å². The molecular weight excluding hydrogens is 357 g/mol. The van der Waals surface area contributed by atoms with E-state index >= 15 is 0 Å². The largest absolute Gasteiger partial charge is 0.467 e.